The molecule has 0 spiro atoms. The number of sulfone groups is 1. The van der Waals surface area contributed by atoms with Crippen LogP contribution in [0.15, 0.2) is 41.3 Å². The molecule has 7 heteroatoms. The van der Waals surface area contributed by atoms with Crippen LogP contribution in [0.25, 0.3) is 0 Å². The van der Waals surface area contributed by atoms with Crippen molar-refractivity contribution in [1.82, 2.24) is 0 Å². The summed E-state index contributed by atoms with van der Waals surface area (Å²) in [4.78, 5) is 0.165. The molecular weight excluding hydrogens is 319 g/mol. The Labute approximate surface area is 127 Å². The number of rotatable bonds is 3. The first-order chi connectivity index (χ1) is 9.27. The van der Waals surface area contributed by atoms with E-state index >= 15 is 0 Å². The SMILES string of the molecule is CS(=O)(=O)c1ccc(Nc2cc(Cl)ccc2Cl)c(N)c1. The van der Waals surface area contributed by atoms with Gasteiger partial charge >= 0.3 is 0 Å². The fourth-order valence-corrected chi connectivity index (χ4v) is 2.62. The molecule has 0 aliphatic carbocycles. The van der Waals surface area contributed by atoms with Crippen LogP contribution in [0.2, 0.25) is 10.0 Å². The Morgan fingerprint density at radius 3 is 2.35 bits per heavy atom. The summed E-state index contributed by atoms with van der Waals surface area (Å²) in [5.74, 6) is 0. The molecule has 3 N–H and O–H groups in total. The van der Waals surface area contributed by atoms with Crippen molar-refractivity contribution in [3.05, 3.63) is 46.4 Å². The summed E-state index contributed by atoms with van der Waals surface area (Å²) in [5.41, 5.74) is 7.31. The van der Waals surface area contributed by atoms with Crippen molar-refractivity contribution in [3.8, 4) is 0 Å². The lowest BCUT2D eigenvalue weighted by molar-refractivity contribution is 0.602. The minimum atomic E-state index is -3.28. The molecule has 0 radical (unpaired) electrons. The molecule has 0 unspecified atom stereocenters. The molecule has 2 rings (SSSR count). The van der Waals surface area contributed by atoms with Gasteiger partial charge in [-0.2, -0.15) is 0 Å². The molecule has 0 saturated heterocycles. The number of nitrogens with two attached hydrogens (primary N) is 1. The highest BCUT2D eigenvalue weighted by Crippen LogP contribution is 2.31. The van der Waals surface area contributed by atoms with Gasteiger partial charge in [0.25, 0.3) is 0 Å². The topological polar surface area (TPSA) is 72.2 Å². The zero-order chi connectivity index (χ0) is 14.9. The molecule has 0 aromatic heterocycles. The van der Waals surface area contributed by atoms with Crippen LogP contribution in [0.4, 0.5) is 17.1 Å². The molecule has 0 aliphatic heterocycles. The van der Waals surface area contributed by atoms with Crippen LogP contribution in [-0.4, -0.2) is 14.7 Å². The van der Waals surface area contributed by atoms with E-state index in [9.17, 15) is 8.42 Å². The highest BCUT2D eigenvalue weighted by Gasteiger charge is 2.10. The lowest BCUT2D eigenvalue weighted by Crippen LogP contribution is -2.01. The molecule has 20 heavy (non-hydrogen) atoms. The summed E-state index contributed by atoms with van der Waals surface area (Å²) < 4.78 is 22.9. The van der Waals surface area contributed by atoms with E-state index in [4.69, 9.17) is 28.9 Å². The third kappa shape index (κ3) is 3.36. The number of nitrogens with one attached hydrogen (secondary N) is 1. The average Bonchev–Trinajstić information content (AvgIpc) is 2.35. The van der Waals surface area contributed by atoms with Crippen LogP contribution in [0.3, 0.4) is 0 Å². The Bertz CT molecular complexity index is 761. The highest BCUT2D eigenvalue weighted by atomic mass is 35.5. The maximum Gasteiger partial charge on any atom is 0.175 e. The van der Waals surface area contributed by atoms with Gasteiger partial charge in [0.05, 0.1) is 27.0 Å². The van der Waals surface area contributed by atoms with Crippen molar-refractivity contribution in [2.45, 2.75) is 4.90 Å². The number of benzene rings is 2. The second-order valence-electron chi connectivity index (χ2n) is 4.27. The van der Waals surface area contributed by atoms with Crippen LogP contribution in [0.5, 0.6) is 0 Å². The van der Waals surface area contributed by atoms with Crippen molar-refractivity contribution in [2.24, 2.45) is 0 Å². The third-order valence-corrected chi connectivity index (χ3v) is 4.32. The Balaban J connectivity index is 2.38. The Hall–Kier alpha value is -1.43. The van der Waals surface area contributed by atoms with Gasteiger partial charge in [-0.25, -0.2) is 8.42 Å². The van der Waals surface area contributed by atoms with E-state index in [1.807, 2.05) is 0 Å². The number of halogens is 2. The van der Waals surface area contributed by atoms with E-state index in [0.717, 1.165) is 6.26 Å². The number of hydrogen-bond acceptors (Lipinski definition) is 4. The maximum atomic E-state index is 11.4. The van der Waals surface area contributed by atoms with Crippen molar-refractivity contribution >= 4 is 50.1 Å². The fourth-order valence-electron chi connectivity index (χ4n) is 1.62. The van der Waals surface area contributed by atoms with Crippen LogP contribution < -0.4 is 11.1 Å². The van der Waals surface area contributed by atoms with Gasteiger partial charge in [-0.1, -0.05) is 23.2 Å². The van der Waals surface area contributed by atoms with Crippen molar-refractivity contribution in [3.63, 3.8) is 0 Å². The zero-order valence-electron chi connectivity index (χ0n) is 10.5. The summed E-state index contributed by atoms with van der Waals surface area (Å²) in [5, 5.41) is 4.04. The van der Waals surface area contributed by atoms with Crippen molar-refractivity contribution in [2.75, 3.05) is 17.3 Å². The molecule has 0 fully saturated rings. The summed E-state index contributed by atoms with van der Waals surface area (Å²) in [7, 11) is -3.28. The van der Waals surface area contributed by atoms with Gasteiger partial charge in [0.2, 0.25) is 0 Å². The minimum Gasteiger partial charge on any atom is -0.397 e. The molecule has 0 heterocycles. The van der Waals surface area contributed by atoms with Gasteiger partial charge < -0.3 is 11.1 Å². The van der Waals surface area contributed by atoms with Gasteiger partial charge in [-0.3, -0.25) is 0 Å². The van der Waals surface area contributed by atoms with E-state index in [0.29, 0.717) is 27.1 Å². The molecule has 0 aliphatic rings. The Morgan fingerprint density at radius 1 is 1.05 bits per heavy atom. The molecular formula is C13H12Cl2N2O2S. The van der Waals surface area contributed by atoms with Crippen molar-refractivity contribution in [1.29, 1.82) is 0 Å². The van der Waals surface area contributed by atoms with Gasteiger partial charge in [0.15, 0.2) is 9.84 Å². The van der Waals surface area contributed by atoms with Gasteiger partial charge in [-0.05, 0) is 36.4 Å². The van der Waals surface area contributed by atoms with E-state index in [1.165, 1.54) is 12.1 Å². The predicted octanol–water partition coefficient (Wildman–Crippen LogP) is 3.72. The molecule has 2 aromatic carbocycles. The minimum absolute atomic E-state index is 0.165. The first-order valence-electron chi connectivity index (χ1n) is 5.59. The van der Waals surface area contributed by atoms with Crippen LogP contribution in [0.1, 0.15) is 0 Å². The standard InChI is InChI=1S/C13H12Cl2N2O2S/c1-20(18,19)9-3-5-12(11(16)7-9)17-13-6-8(14)2-4-10(13)15/h2-7,17H,16H2,1H3. The third-order valence-electron chi connectivity index (χ3n) is 2.65. The number of hydrogen-bond donors (Lipinski definition) is 2. The Kier molecular flexibility index (Phi) is 4.13. The molecule has 2 aromatic rings. The maximum absolute atomic E-state index is 11.4. The molecule has 0 amide bonds. The lowest BCUT2D eigenvalue weighted by Gasteiger charge is -2.12. The largest absolute Gasteiger partial charge is 0.397 e. The summed E-state index contributed by atoms with van der Waals surface area (Å²) in [6.07, 6.45) is 1.13. The van der Waals surface area contributed by atoms with Gasteiger partial charge in [-0.15, -0.1) is 0 Å². The van der Waals surface area contributed by atoms with E-state index in [2.05, 4.69) is 5.32 Å². The summed E-state index contributed by atoms with van der Waals surface area (Å²) in [6.45, 7) is 0. The van der Waals surface area contributed by atoms with Crippen molar-refractivity contribution < 1.29 is 8.42 Å². The number of anilines is 3. The van der Waals surface area contributed by atoms with Crippen LogP contribution >= 0.6 is 23.2 Å². The molecule has 106 valence electrons. The van der Waals surface area contributed by atoms with E-state index < -0.39 is 9.84 Å². The smallest absolute Gasteiger partial charge is 0.175 e. The summed E-state index contributed by atoms with van der Waals surface area (Å²) >= 11 is 11.9. The Morgan fingerprint density at radius 2 is 1.75 bits per heavy atom. The fraction of sp³-hybridized carbons (Fsp3) is 0.0769. The van der Waals surface area contributed by atoms with Gasteiger partial charge in [0.1, 0.15) is 0 Å². The monoisotopic (exact) mass is 330 g/mol. The average molecular weight is 331 g/mol. The van der Waals surface area contributed by atoms with Gasteiger partial charge in [0, 0.05) is 11.3 Å². The molecule has 0 saturated carbocycles. The molecule has 4 nitrogen and oxygen atoms in total. The molecule has 0 bridgehead atoms. The normalized spacial score (nSPS) is 11.3. The second kappa shape index (κ2) is 5.52. The van der Waals surface area contributed by atoms with E-state index in [-0.39, 0.29) is 4.90 Å². The predicted molar refractivity (Wildman–Crippen MR) is 83.7 cm³/mol. The van der Waals surface area contributed by atoms with Crippen LogP contribution in [0, 0.1) is 0 Å². The quantitative estimate of drug-likeness (QED) is 0.841. The van der Waals surface area contributed by atoms with E-state index in [1.54, 1.807) is 24.3 Å². The zero-order valence-corrected chi connectivity index (χ0v) is 12.9. The second-order valence-corrected chi connectivity index (χ2v) is 7.13. The first kappa shape index (κ1) is 15.0. The lowest BCUT2D eigenvalue weighted by atomic mass is 10.2. The number of nitrogen functional groups attached to an aromatic ring is 1. The highest BCUT2D eigenvalue weighted by molar-refractivity contribution is 7.90. The van der Waals surface area contributed by atoms with Crippen LogP contribution in [-0.2, 0) is 9.84 Å². The molecule has 0 atom stereocenters. The summed E-state index contributed by atoms with van der Waals surface area (Å²) in [6, 6.07) is 9.46. The first-order valence-corrected chi connectivity index (χ1v) is 8.24.